The Kier molecular flexibility index (Phi) is 4.95. The lowest BCUT2D eigenvalue weighted by molar-refractivity contribution is -0.384. The second-order valence-electron chi connectivity index (χ2n) is 5.75. The highest BCUT2D eigenvalue weighted by atomic mass is 16.6. The van der Waals surface area contributed by atoms with Crippen LogP contribution in [0.2, 0.25) is 0 Å². The summed E-state index contributed by atoms with van der Waals surface area (Å²) in [5.41, 5.74) is 0.751. The molecule has 1 saturated heterocycles. The first kappa shape index (κ1) is 14.8. The standard InChI is InChI=1S/C15H23N3O2/c1-12-6-5-9-17(11-12)13(2)10-16-14-7-3-4-8-15(14)18(19)20/h3-4,7-8,12-13,16H,5-6,9-11H2,1-2H3. The fraction of sp³-hybridized carbons (Fsp3) is 0.600. The Bertz CT molecular complexity index is 464. The van der Waals surface area contributed by atoms with E-state index in [0.29, 0.717) is 11.7 Å². The number of likely N-dealkylation sites (tertiary alicyclic amines) is 1. The summed E-state index contributed by atoms with van der Waals surface area (Å²) in [5, 5.41) is 14.2. The summed E-state index contributed by atoms with van der Waals surface area (Å²) in [5.74, 6) is 0.747. The van der Waals surface area contributed by atoms with Gasteiger partial charge in [-0.25, -0.2) is 0 Å². The molecule has 0 saturated carbocycles. The van der Waals surface area contributed by atoms with Crippen LogP contribution in [0.25, 0.3) is 0 Å². The Morgan fingerprint density at radius 3 is 2.95 bits per heavy atom. The largest absolute Gasteiger partial charge is 0.378 e. The molecular weight excluding hydrogens is 254 g/mol. The fourth-order valence-corrected chi connectivity index (χ4v) is 2.80. The zero-order valence-electron chi connectivity index (χ0n) is 12.2. The lowest BCUT2D eigenvalue weighted by Crippen LogP contribution is -2.43. The zero-order chi connectivity index (χ0) is 14.5. The van der Waals surface area contributed by atoms with E-state index >= 15 is 0 Å². The highest BCUT2D eigenvalue weighted by Crippen LogP contribution is 2.24. The van der Waals surface area contributed by atoms with Crippen molar-refractivity contribution in [3.05, 3.63) is 34.4 Å². The van der Waals surface area contributed by atoms with E-state index < -0.39 is 0 Å². The normalized spacial score (nSPS) is 21.4. The number of nitrogens with one attached hydrogen (secondary N) is 1. The first-order chi connectivity index (χ1) is 9.58. The van der Waals surface area contributed by atoms with Gasteiger partial charge in [0.1, 0.15) is 5.69 Å². The van der Waals surface area contributed by atoms with Gasteiger partial charge >= 0.3 is 0 Å². The van der Waals surface area contributed by atoms with Crippen molar-refractivity contribution in [1.82, 2.24) is 4.90 Å². The number of piperidine rings is 1. The maximum Gasteiger partial charge on any atom is 0.292 e. The Morgan fingerprint density at radius 1 is 1.50 bits per heavy atom. The van der Waals surface area contributed by atoms with Crippen molar-refractivity contribution >= 4 is 11.4 Å². The van der Waals surface area contributed by atoms with Crippen molar-refractivity contribution < 1.29 is 4.92 Å². The number of hydrogen-bond donors (Lipinski definition) is 1. The minimum Gasteiger partial charge on any atom is -0.378 e. The minimum atomic E-state index is -0.337. The van der Waals surface area contributed by atoms with Crippen molar-refractivity contribution in [3.63, 3.8) is 0 Å². The SMILES string of the molecule is CC1CCCN(C(C)CNc2ccccc2[N+](=O)[O-])C1. The molecule has 2 atom stereocenters. The van der Waals surface area contributed by atoms with E-state index in [2.05, 4.69) is 24.1 Å². The van der Waals surface area contributed by atoms with Crippen LogP contribution in [0.5, 0.6) is 0 Å². The van der Waals surface area contributed by atoms with Crippen molar-refractivity contribution in [2.75, 3.05) is 25.0 Å². The maximum absolute atomic E-state index is 11.0. The molecule has 20 heavy (non-hydrogen) atoms. The van der Waals surface area contributed by atoms with Gasteiger partial charge < -0.3 is 5.32 Å². The van der Waals surface area contributed by atoms with Crippen molar-refractivity contribution in [3.8, 4) is 0 Å². The Labute approximate surface area is 120 Å². The highest BCUT2D eigenvalue weighted by Gasteiger charge is 2.21. The summed E-state index contributed by atoms with van der Waals surface area (Å²) in [6.45, 7) is 7.45. The van der Waals surface area contributed by atoms with Crippen molar-refractivity contribution in [2.45, 2.75) is 32.7 Å². The number of nitrogens with zero attached hydrogens (tertiary/aromatic N) is 2. The third-order valence-corrected chi connectivity index (χ3v) is 4.00. The lowest BCUT2D eigenvalue weighted by Gasteiger charge is -2.35. The van der Waals surface area contributed by atoms with Crippen LogP contribution in [0.4, 0.5) is 11.4 Å². The average molecular weight is 277 g/mol. The molecule has 1 fully saturated rings. The van der Waals surface area contributed by atoms with E-state index in [1.807, 2.05) is 6.07 Å². The van der Waals surface area contributed by atoms with Crippen LogP contribution in [-0.4, -0.2) is 35.5 Å². The molecule has 0 aliphatic carbocycles. The number of benzene rings is 1. The highest BCUT2D eigenvalue weighted by molar-refractivity contribution is 5.61. The average Bonchev–Trinajstić information content (AvgIpc) is 2.45. The first-order valence-electron chi connectivity index (χ1n) is 7.29. The number of nitro groups is 1. The summed E-state index contributed by atoms with van der Waals surface area (Å²) in [7, 11) is 0. The third kappa shape index (κ3) is 3.70. The smallest absolute Gasteiger partial charge is 0.292 e. The van der Waals surface area contributed by atoms with E-state index in [0.717, 1.165) is 25.6 Å². The van der Waals surface area contributed by atoms with Gasteiger partial charge in [0.2, 0.25) is 0 Å². The molecule has 2 unspecified atom stereocenters. The Morgan fingerprint density at radius 2 is 2.25 bits per heavy atom. The molecule has 0 radical (unpaired) electrons. The summed E-state index contributed by atoms with van der Waals surface area (Å²) in [4.78, 5) is 13.1. The number of hydrogen-bond acceptors (Lipinski definition) is 4. The predicted octanol–water partition coefficient (Wildman–Crippen LogP) is 3.13. The minimum absolute atomic E-state index is 0.145. The monoisotopic (exact) mass is 277 g/mol. The fourth-order valence-electron chi connectivity index (χ4n) is 2.80. The van der Waals surface area contributed by atoms with Gasteiger partial charge in [-0.05, 0) is 38.3 Å². The topological polar surface area (TPSA) is 58.4 Å². The first-order valence-corrected chi connectivity index (χ1v) is 7.29. The van der Waals surface area contributed by atoms with Crippen LogP contribution >= 0.6 is 0 Å². The van der Waals surface area contributed by atoms with Crippen LogP contribution in [0.1, 0.15) is 26.7 Å². The van der Waals surface area contributed by atoms with Crippen LogP contribution < -0.4 is 5.32 Å². The Balaban J connectivity index is 1.93. The molecule has 2 rings (SSSR count). The molecular formula is C15H23N3O2. The molecule has 0 aromatic heterocycles. The van der Waals surface area contributed by atoms with Gasteiger partial charge in [0, 0.05) is 25.2 Å². The predicted molar refractivity (Wildman–Crippen MR) is 81.0 cm³/mol. The lowest BCUT2D eigenvalue weighted by atomic mass is 9.99. The van der Waals surface area contributed by atoms with Crippen LogP contribution in [0.15, 0.2) is 24.3 Å². The van der Waals surface area contributed by atoms with Crippen LogP contribution in [0.3, 0.4) is 0 Å². The molecule has 5 nitrogen and oxygen atoms in total. The number of rotatable bonds is 5. The van der Waals surface area contributed by atoms with E-state index in [-0.39, 0.29) is 10.6 Å². The van der Waals surface area contributed by atoms with Gasteiger partial charge in [-0.2, -0.15) is 0 Å². The summed E-state index contributed by atoms with van der Waals surface area (Å²) in [6.07, 6.45) is 2.55. The number of anilines is 1. The van der Waals surface area contributed by atoms with E-state index in [1.165, 1.54) is 18.9 Å². The Hall–Kier alpha value is -1.62. The molecule has 1 aromatic rings. The molecule has 1 aliphatic heterocycles. The molecule has 0 bridgehead atoms. The van der Waals surface area contributed by atoms with E-state index in [9.17, 15) is 10.1 Å². The second-order valence-corrected chi connectivity index (χ2v) is 5.75. The zero-order valence-corrected chi connectivity index (χ0v) is 12.2. The van der Waals surface area contributed by atoms with Crippen molar-refractivity contribution in [1.29, 1.82) is 0 Å². The van der Waals surface area contributed by atoms with Gasteiger partial charge in [-0.15, -0.1) is 0 Å². The maximum atomic E-state index is 11.0. The van der Waals surface area contributed by atoms with Gasteiger partial charge in [0.25, 0.3) is 5.69 Å². The molecule has 110 valence electrons. The molecule has 1 N–H and O–H groups in total. The third-order valence-electron chi connectivity index (χ3n) is 4.00. The van der Waals surface area contributed by atoms with Crippen molar-refractivity contribution in [2.24, 2.45) is 5.92 Å². The van der Waals surface area contributed by atoms with E-state index in [4.69, 9.17) is 0 Å². The molecule has 0 spiro atoms. The van der Waals surface area contributed by atoms with Gasteiger partial charge in [0.05, 0.1) is 4.92 Å². The van der Waals surface area contributed by atoms with Crippen LogP contribution in [0, 0.1) is 16.0 Å². The van der Waals surface area contributed by atoms with Gasteiger partial charge in [0.15, 0.2) is 0 Å². The summed E-state index contributed by atoms with van der Waals surface area (Å²) < 4.78 is 0. The molecule has 5 heteroatoms. The summed E-state index contributed by atoms with van der Waals surface area (Å²) in [6, 6.07) is 7.21. The number of nitro benzene ring substituents is 1. The van der Waals surface area contributed by atoms with Gasteiger partial charge in [-0.1, -0.05) is 19.1 Å². The molecule has 1 aliphatic rings. The summed E-state index contributed by atoms with van der Waals surface area (Å²) >= 11 is 0. The number of para-hydroxylation sites is 2. The molecule has 1 aromatic carbocycles. The second kappa shape index (κ2) is 6.70. The van der Waals surface area contributed by atoms with E-state index in [1.54, 1.807) is 12.1 Å². The molecule has 0 amide bonds. The van der Waals surface area contributed by atoms with Gasteiger partial charge in [-0.3, -0.25) is 15.0 Å². The molecule has 1 heterocycles. The quantitative estimate of drug-likeness (QED) is 0.663. The van der Waals surface area contributed by atoms with Crippen LogP contribution in [-0.2, 0) is 0 Å².